The Balaban J connectivity index is 1.66. The number of carbonyl (C=O) groups excluding carboxylic acids is 1. The Labute approximate surface area is 91.6 Å². The molecule has 0 radical (unpaired) electrons. The maximum Gasteiger partial charge on any atom is 0.222 e. The van der Waals surface area contributed by atoms with E-state index in [0.29, 0.717) is 11.9 Å². The van der Waals surface area contributed by atoms with Crippen LogP contribution in [-0.4, -0.2) is 61.5 Å². The van der Waals surface area contributed by atoms with Gasteiger partial charge in [0.2, 0.25) is 5.91 Å². The minimum absolute atomic E-state index is 0.344. The summed E-state index contributed by atoms with van der Waals surface area (Å²) in [6.45, 7) is 5.00. The summed E-state index contributed by atoms with van der Waals surface area (Å²) >= 11 is 0. The molecular formula is C11H21N3O. The fourth-order valence-corrected chi connectivity index (χ4v) is 2.11. The minimum atomic E-state index is 0.344. The highest BCUT2D eigenvalue weighted by molar-refractivity contribution is 5.76. The first-order valence-electron chi connectivity index (χ1n) is 5.95. The highest BCUT2D eigenvalue weighted by atomic mass is 16.2. The molecule has 2 aliphatic rings. The van der Waals surface area contributed by atoms with Crippen molar-refractivity contribution in [1.82, 2.24) is 15.1 Å². The summed E-state index contributed by atoms with van der Waals surface area (Å²) in [5.74, 6) is 0.344. The van der Waals surface area contributed by atoms with Crippen LogP contribution in [0.15, 0.2) is 0 Å². The first-order chi connectivity index (χ1) is 7.25. The number of piperazine rings is 1. The van der Waals surface area contributed by atoms with Gasteiger partial charge in [-0.05, 0) is 26.4 Å². The quantitative estimate of drug-likeness (QED) is 0.708. The molecular weight excluding hydrogens is 190 g/mol. The monoisotopic (exact) mass is 211 g/mol. The van der Waals surface area contributed by atoms with Gasteiger partial charge in [0.15, 0.2) is 0 Å². The lowest BCUT2D eigenvalue weighted by molar-refractivity contribution is -0.133. The second kappa shape index (κ2) is 4.94. The zero-order valence-electron chi connectivity index (χ0n) is 9.54. The lowest BCUT2D eigenvalue weighted by Crippen LogP contribution is -2.48. The summed E-state index contributed by atoms with van der Waals surface area (Å²) < 4.78 is 0. The number of amides is 1. The van der Waals surface area contributed by atoms with Gasteiger partial charge >= 0.3 is 0 Å². The Hall–Kier alpha value is -0.610. The van der Waals surface area contributed by atoms with Gasteiger partial charge < -0.3 is 15.1 Å². The predicted molar refractivity (Wildman–Crippen MR) is 59.7 cm³/mol. The van der Waals surface area contributed by atoms with E-state index in [2.05, 4.69) is 17.3 Å². The molecule has 2 rings (SSSR count). The van der Waals surface area contributed by atoms with E-state index in [4.69, 9.17) is 0 Å². The molecule has 0 saturated carbocycles. The van der Waals surface area contributed by atoms with Crippen LogP contribution < -0.4 is 5.32 Å². The summed E-state index contributed by atoms with van der Waals surface area (Å²) in [5.41, 5.74) is 0. The van der Waals surface area contributed by atoms with Crippen molar-refractivity contribution in [3.63, 3.8) is 0 Å². The molecule has 2 fully saturated rings. The molecule has 4 heteroatoms. The van der Waals surface area contributed by atoms with Crippen molar-refractivity contribution in [1.29, 1.82) is 0 Å². The van der Waals surface area contributed by atoms with E-state index in [9.17, 15) is 4.79 Å². The summed E-state index contributed by atoms with van der Waals surface area (Å²) in [6.07, 6.45) is 2.99. The molecule has 1 unspecified atom stereocenters. The summed E-state index contributed by atoms with van der Waals surface area (Å²) in [5, 5.41) is 3.33. The van der Waals surface area contributed by atoms with E-state index >= 15 is 0 Å². The van der Waals surface area contributed by atoms with E-state index in [-0.39, 0.29) is 0 Å². The molecule has 0 aromatic carbocycles. The fraction of sp³-hybridized carbons (Fsp3) is 0.909. The molecule has 1 N–H and O–H groups in total. The SMILES string of the molecule is CN1CCN(C(=O)CCC2CCN2)CC1. The summed E-state index contributed by atoms with van der Waals surface area (Å²) in [4.78, 5) is 16.1. The van der Waals surface area contributed by atoms with Crippen molar-refractivity contribution in [3.05, 3.63) is 0 Å². The van der Waals surface area contributed by atoms with E-state index in [1.165, 1.54) is 6.42 Å². The van der Waals surface area contributed by atoms with Gasteiger partial charge in [0, 0.05) is 38.6 Å². The molecule has 2 saturated heterocycles. The van der Waals surface area contributed by atoms with Crippen molar-refractivity contribution in [2.45, 2.75) is 25.3 Å². The molecule has 0 aromatic rings. The van der Waals surface area contributed by atoms with Crippen LogP contribution in [0, 0.1) is 0 Å². The first kappa shape index (κ1) is 10.9. The Morgan fingerprint density at radius 2 is 2.00 bits per heavy atom. The number of rotatable bonds is 3. The van der Waals surface area contributed by atoms with Crippen molar-refractivity contribution in [3.8, 4) is 0 Å². The van der Waals surface area contributed by atoms with Gasteiger partial charge in [-0.2, -0.15) is 0 Å². The Morgan fingerprint density at radius 3 is 2.53 bits per heavy atom. The number of nitrogens with zero attached hydrogens (tertiary/aromatic N) is 2. The fourth-order valence-electron chi connectivity index (χ4n) is 2.11. The van der Waals surface area contributed by atoms with Crippen LogP contribution >= 0.6 is 0 Å². The maximum absolute atomic E-state index is 11.8. The number of hydrogen-bond acceptors (Lipinski definition) is 3. The highest BCUT2D eigenvalue weighted by Gasteiger charge is 2.21. The minimum Gasteiger partial charge on any atom is -0.340 e. The van der Waals surface area contributed by atoms with Crippen molar-refractivity contribution >= 4 is 5.91 Å². The Kier molecular flexibility index (Phi) is 3.59. The molecule has 0 spiro atoms. The average molecular weight is 211 g/mol. The summed E-state index contributed by atoms with van der Waals surface area (Å²) in [7, 11) is 2.11. The van der Waals surface area contributed by atoms with Crippen LogP contribution in [0.1, 0.15) is 19.3 Å². The van der Waals surface area contributed by atoms with Crippen molar-refractivity contribution < 1.29 is 4.79 Å². The number of hydrogen-bond donors (Lipinski definition) is 1. The van der Waals surface area contributed by atoms with Crippen molar-refractivity contribution in [2.24, 2.45) is 0 Å². The Bertz CT molecular complexity index is 220. The van der Waals surface area contributed by atoms with Gasteiger partial charge in [0.25, 0.3) is 0 Å². The lowest BCUT2D eigenvalue weighted by Gasteiger charge is -2.33. The zero-order valence-corrected chi connectivity index (χ0v) is 9.54. The standard InChI is InChI=1S/C11H21N3O/c1-13-6-8-14(9-7-13)11(15)3-2-10-4-5-12-10/h10,12H,2-9H2,1H3. The normalized spacial score (nSPS) is 27.5. The van der Waals surface area contributed by atoms with Crippen molar-refractivity contribution in [2.75, 3.05) is 39.8 Å². The lowest BCUT2D eigenvalue weighted by atomic mass is 10.0. The van der Waals surface area contributed by atoms with Crippen LogP contribution in [0.25, 0.3) is 0 Å². The van der Waals surface area contributed by atoms with Gasteiger partial charge in [-0.15, -0.1) is 0 Å². The van der Waals surface area contributed by atoms with Crippen LogP contribution in [0.3, 0.4) is 0 Å². The predicted octanol–water partition coefficient (Wildman–Crippen LogP) is -0.0975. The first-order valence-corrected chi connectivity index (χ1v) is 5.95. The van der Waals surface area contributed by atoms with Gasteiger partial charge in [-0.25, -0.2) is 0 Å². The molecule has 15 heavy (non-hydrogen) atoms. The molecule has 0 bridgehead atoms. The topological polar surface area (TPSA) is 35.6 Å². The maximum atomic E-state index is 11.8. The average Bonchev–Trinajstić information content (AvgIpc) is 2.16. The molecule has 1 atom stereocenters. The van der Waals surface area contributed by atoms with Gasteiger partial charge in [-0.3, -0.25) is 4.79 Å². The molecule has 2 aliphatic heterocycles. The molecule has 2 heterocycles. The third-order valence-corrected chi connectivity index (χ3v) is 3.49. The van der Waals surface area contributed by atoms with Crippen LogP contribution in [0.2, 0.25) is 0 Å². The van der Waals surface area contributed by atoms with E-state index < -0.39 is 0 Å². The molecule has 4 nitrogen and oxygen atoms in total. The third-order valence-electron chi connectivity index (χ3n) is 3.49. The second-order valence-corrected chi connectivity index (χ2v) is 4.66. The van der Waals surface area contributed by atoms with Gasteiger partial charge in [-0.1, -0.05) is 0 Å². The highest BCUT2D eigenvalue weighted by Crippen LogP contribution is 2.11. The van der Waals surface area contributed by atoms with Gasteiger partial charge in [0.05, 0.1) is 0 Å². The number of nitrogens with one attached hydrogen (secondary N) is 1. The molecule has 86 valence electrons. The number of carbonyl (C=O) groups is 1. The molecule has 1 amide bonds. The summed E-state index contributed by atoms with van der Waals surface area (Å²) in [6, 6.07) is 0.612. The number of likely N-dealkylation sites (N-methyl/N-ethyl adjacent to an activating group) is 1. The van der Waals surface area contributed by atoms with Crippen LogP contribution in [0.4, 0.5) is 0 Å². The largest absolute Gasteiger partial charge is 0.340 e. The smallest absolute Gasteiger partial charge is 0.222 e. The van der Waals surface area contributed by atoms with E-state index in [1.807, 2.05) is 4.90 Å². The molecule has 0 aliphatic carbocycles. The second-order valence-electron chi connectivity index (χ2n) is 4.66. The van der Waals surface area contributed by atoms with E-state index in [1.54, 1.807) is 0 Å². The van der Waals surface area contributed by atoms with Crippen LogP contribution in [0.5, 0.6) is 0 Å². The zero-order chi connectivity index (χ0) is 10.7. The third kappa shape index (κ3) is 2.92. The molecule has 0 aromatic heterocycles. The van der Waals surface area contributed by atoms with E-state index in [0.717, 1.165) is 45.6 Å². The van der Waals surface area contributed by atoms with Crippen LogP contribution in [-0.2, 0) is 4.79 Å². The van der Waals surface area contributed by atoms with Gasteiger partial charge in [0.1, 0.15) is 0 Å². The Morgan fingerprint density at radius 1 is 1.33 bits per heavy atom.